The Morgan fingerprint density at radius 1 is 1.20 bits per heavy atom. The number of allylic oxidation sites excluding steroid dienone is 1. The van der Waals surface area contributed by atoms with Crippen molar-refractivity contribution in [3.05, 3.63) is 47.8 Å². The van der Waals surface area contributed by atoms with Crippen LogP contribution in [0, 0.1) is 23.4 Å². The molecule has 134 valence electrons. The van der Waals surface area contributed by atoms with E-state index in [0.717, 1.165) is 12.8 Å². The van der Waals surface area contributed by atoms with Gasteiger partial charge in [-0.05, 0) is 18.8 Å². The van der Waals surface area contributed by atoms with Crippen molar-refractivity contribution in [2.45, 2.75) is 19.8 Å². The second kappa shape index (κ2) is 7.47. The van der Waals surface area contributed by atoms with E-state index in [1.165, 1.54) is 17.3 Å². The minimum Gasteiger partial charge on any atom is -0.356 e. The molecule has 3 rings (SSSR count). The molecule has 0 spiro atoms. The zero-order chi connectivity index (χ0) is 18.0. The molecule has 0 amide bonds. The molecule has 0 N–H and O–H groups in total. The van der Waals surface area contributed by atoms with Crippen LogP contribution in [0.25, 0.3) is 11.4 Å². The fourth-order valence-electron chi connectivity index (χ4n) is 3.08. The van der Waals surface area contributed by atoms with Gasteiger partial charge in [0.05, 0.1) is 11.4 Å². The van der Waals surface area contributed by atoms with Crippen molar-refractivity contribution >= 4 is 23.0 Å². The third kappa shape index (κ3) is 3.66. The Labute approximate surface area is 148 Å². The molecule has 0 aliphatic carbocycles. The van der Waals surface area contributed by atoms with E-state index in [9.17, 15) is 13.2 Å². The predicted octanol–water partition coefficient (Wildman–Crippen LogP) is 3.99. The lowest BCUT2D eigenvalue weighted by atomic mass is 9.98. The number of benzene rings is 1. The lowest BCUT2D eigenvalue weighted by Crippen LogP contribution is -2.34. The van der Waals surface area contributed by atoms with Gasteiger partial charge in [0.1, 0.15) is 35.9 Å². The van der Waals surface area contributed by atoms with Crippen LogP contribution in [-0.2, 0) is 0 Å². The maximum absolute atomic E-state index is 14.3. The minimum atomic E-state index is -0.990. The first-order valence-electron chi connectivity index (χ1n) is 8.05. The summed E-state index contributed by atoms with van der Waals surface area (Å²) >= 11 is 6.07. The van der Waals surface area contributed by atoms with Crippen LogP contribution in [0.1, 0.15) is 25.3 Å². The number of halogens is 4. The smallest absolute Gasteiger partial charge is 0.138 e. The molecule has 2 aromatic rings. The SMILES string of the molecule is CC1CCN(/C(=C(/CCl)c2c(F)cc(F)cc2F)n2cncn2)CC1. The highest BCUT2D eigenvalue weighted by Crippen LogP contribution is 2.32. The monoisotopic (exact) mass is 370 g/mol. The summed E-state index contributed by atoms with van der Waals surface area (Å²) in [4.78, 5) is 5.92. The summed E-state index contributed by atoms with van der Waals surface area (Å²) in [6, 6.07) is 1.31. The number of nitrogens with zero attached hydrogens (tertiary/aromatic N) is 4. The average molecular weight is 371 g/mol. The minimum absolute atomic E-state index is 0.152. The number of likely N-dealkylation sites (tertiary alicyclic amines) is 1. The first kappa shape index (κ1) is 17.8. The highest BCUT2D eigenvalue weighted by Gasteiger charge is 2.26. The molecule has 0 radical (unpaired) electrons. The van der Waals surface area contributed by atoms with E-state index in [1.807, 2.05) is 4.90 Å². The van der Waals surface area contributed by atoms with Gasteiger partial charge in [-0.25, -0.2) is 22.8 Å². The average Bonchev–Trinajstić information content (AvgIpc) is 3.08. The fourth-order valence-corrected chi connectivity index (χ4v) is 3.33. The summed E-state index contributed by atoms with van der Waals surface area (Å²) in [6.07, 6.45) is 4.69. The third-order valence-corrected chi connectivity index (χ3v) is 4.70. The van der Waals surface area contributed by atoms with Gasteiger partial charge in [-0.3, -0.25) is 0 Å². The molecular weight excluding hydrogens is 353 g/mol. The van der Waals surface area contributed by atoms with Crippen molar-refractivity contribution in [3.63, 3.8) is 0 Å². The van der Waals surface area contributed by atoms with Gasteiger partial charge < -0.3 is 4.90 Å². The molecule has 1 fully saturated rings. The maximum atomic E-state index is 14.3. The molecule has 0 unspecified atom stereocenters. The highest BCUT2D eigenvalue weighted by atomic mass is 35.5. The van der Waals surface area contributed by atoms with Gasteiger partial charge in [0.2, 0.25) is 0 Å². The Balaban J connectivity index is 2.17. The molecule has 1 aromatic carbocycles. The number of alkyl halides is 1. The number of aromatic nitrogens is 3. The van der Waals surface area contributed by atoms with E-state index in [4.69, 9.17) is 11.6 Å². The number of hydrogen-bond donors (Lipinski definition) is 0. The van der Waals surface area contributed by atoms with E-state index >= 15 is 0 Å². The van der Waals surface area contributed by atoms with Crippen molar-refractivity contribution in [2.24, 2.45) is 5.92 Å². The van der Waals surface area contributed by atoms with Gasteiger partial charge in [-0.1, -0.05) is 6.92 Å². The van der Waals surface area contributed by atoms with Crippen LogP contribution < -0.4 is 0 Å². The molecule has 8 heteroatoms. The van der Waals surface area contributed by atoms with Gasteiger partial charge in [-0.15, -0.1) is 11.6 Å². The quantitative estimate of drug-likeness (QED) is 0.763. The molecule has 0 bridgehead atoms. The van der Waals surface area contributed by atoms with Crippen LogP contribution in [0.5, 0.6) is 0 Å². The third-order valence-electron chi connectivity index (χ3n) is 4.43. The number of hydrogen-bond acceptors (Lipinski definition) is 3. The molecule has 1 aliphatic rings. The van der Waals surface area contributed by atoms with Gasteiger partial charge in [0, 0.05) is 30.8 Å². The van der Waals surface area contributed by atoms with Crippen LogP contribution in [0.2, 0.25) is 0 Å². The van der Waals surface area contributed by atoms with Crippen LogP contribution >= 0.6 is 11.6 Å². The topological polar surface area (TPSA) is 34.0 Å². The lowest BCUT2D eigenvalue weighted by Gasteiger charge is -2.34. The summed E-state index contributed by atoms with van der Waals surface area (Å²) in [5.74, 6) is -2.05. The molecule has 0 saturated carbocycles. The Kier molecular flexibility index (Phi) is 5.32. The molecule has 2 heterocycles. The van der Waals surface area contributed by atoms with E-state index < -0.39 is 17.5 Å². The molecule has 1 aromatic heterocycles. The highest BCUT2D eigenvalue weighted by molar-refractivity contribution is 6.24. The van der Waals surface area contributed by atoms with Crippen LogP contribution in [-0.4, -0.2) is 38.6 Å². The molecule has 1 aliphatic heterocycles. The van der Waals surface area contributed by atoms with Gasteiger partial charge in [0.25, 0.3) is 0 Å². The second-order valence-corrected chi connectivity index (χ2v) is 6.46. The number of piperidine rings is 1. The molecule has 4 nitrogen and oxygen atoms in total. The molecule has 1 saturated heterocycles. The van der Waals surface area contributed by atoms with Crippen LogP contribution in [0.4, 0.5) is 13.2 Å². The summed E-state index contributed by atoms with van der Waals surface area (Å²) in [5.41, 5.74) is -0.114. The summed E-state index contributed by atoms with van der Waals surface area (Å²) in [6.45, 7) is 3.58. The van der Waals surface area contributed by atoms with E-state index in [0.29, 0.717) is 37.0 Å². The molecule has 25 heavy (non-hydrogen) atoms. The Bertz CT molecular complexity index is 745. The first-order valence-corrected chi connectivity index (χ1v) is 8.58. The van der Waals surface area contributed by atoms with Crippen molar-refractivity contribution < 1.29 is 13.2 Å². The van der Waals surface area contributed by atoms with E-state index in [2.05, 4.69) is 17.0 Å². The second-order valence-electron chi connectivity index (χ2n) is 6.19. The molecular formula is C17H18ClF3N4. The normalized spacial score (nSPS) is 16.9. The Hall–Kier alpha value is -2.02. The van der Waals surface area contributed by atoms with E-state index in [1.54, 1.807) is 0 Å². The van der Waals surface area contributed by atoms with Crippen LogP contribution in [0.3, 0.4) is 0 Å². The van der Waals surface area contributed by atoms with Crippen LogP contribution in [0.15, 0.2) is 24.8 Å². The molecule has 0 atom stereocenters. The Morgan fingerprint density at radius 2 is 1.84 bits per heavy atom. The zero-order valence-electron chi connectivity index (χ0n) is 13.7. The fraction of sp³-hybridized carbons (Fsp3) is 0.412. The largest absolute Gasteiger partial charge is 0.356 e. The summed E-state index contributed by atoms with van der Waals surface area (Å²) in [7, 11) is 0. The zero-order valence-corrected chi connectivity index (χ0v) is 14.5. The van der Waals surface area contributed by atoms with Gasteiger partial charge in [0.15, 0.2) is 0 Å². The Morgan fingerprint density at radius 3 is 2.36 bits per heavy atom. The predicted molar refractivity (Wildman–Crippen MR) is 90.1 cm³/mol. The van der Waals surface area contributed by atoms with Crippen molar-refractivity contribution in [2.75, 3.05) is 19.0 Å². The van der Waals surface area contributed by atoms with Crippen molar-refractivity contribution in [1.82, 2.24) is 19.7 Å². The standard InChI is InChI=1S/C17H18ClF3N4/c1-11-2-4-24(5-3-11)17(25-10-22-9-23-25)13(8-18)16-14(20)6-12(19)7-15(16)21/h6-7,9-11H,2-5,8H2,1H3/b17-13+. The first-order chi connectivity index (χ1) is 12.0. The van der Waals surface area contributed by atoms with Crippen molar-refractivity contribution in [1.29, 1.82) is 0 Å². The maximum Gasteiger partial charge on any atom is 0.138 e. The van der Waals surface area contributed by atoms with Gasteiger partial charge in [-0.2, -0.15) is 5.10 Å². The van der Waals surface area contributed by atoms with E-state index in [-0.39, 0.29) is 17.0 Å². The summed E-state index contributed by atoms with van der Waals surface area (Å²) in [5, 5.41) is 4.11. The number of rotatable bonds is 4. The van der Waals surface area contributed by atoms with Gasteiger partial charge >= 0.3 is 0 Å². The summed E-state index contributed by atoms with van der Waals surface area (Å²) < 4.78 is 43.4. The van der Waals surface area contributed by atoms with Crippen molar-refractivity contribution in [3.8, 4) is 0 Å². The lowest BCUT2D eigenvalue weighted by molar-refractivity contribution is 0.257.